The van der Waals surface area contributed by atoms with Gasteiger partial charge in [-0.1, -0.05) is 36.0 Å². The van der Waals surface area contributed by atoms with E-state index in [0.717, 1.165) is 15.7 Å². The molecule has 4 N–H and O–H groups in total. The van der Waals surface area contributed by atoms with Crippen LogP contribution in [0.1, 0.15) is 5.56 Å². The SMILES string of the molecule is N=C(N)c1ccc(Sc2nccc(=O)[nH]2)c2ccccc12. The molecule has 0 saturated carbocycles. The predicted octanol–water partition coefficient (Wildman–Crippen LogP) is 2.36. The fraction of sp³-hybridized carbons (Fsp3) is 0. The molecule has 0 atom stereocenters. The second kappa shape index (κ2) is 5.41. The molecule has 6 heteroatoms. The van der Waals surface area contributed by atoms with E-state index in [2.05, 4.69) is 9.97 Å². The highest BCUT2D eigenvalue weighted by atomic mass is 32.2. The molecule has 0 bridgehead atoms. The van der Waals surface area contributed by atoms with Crippen LogP contribution in [-0.4, -0.2) is 15.8 Å². The Hall–Kier alpha value is -2.60. The van der Waals surface area contributed by atoms with Gasteiger partial charge in [-0.3, -0.25) is 10.2 Å². The van der Waals surface area contributed by atoms with E-state index >= 15 is 0 Å². The summed E-state index contributed by atoms with van der Waals surface area (Å²) in [5.74, 6) is 0.0361. The molecule has 2 aromatic carbocycles. The van der Waals surface area contributed by atoms with Crippen molar-refractivity contribution in [3.8, 4) is 0 Å². The lowest BCUT2D eigenvalue weighted by molar-refractivity contribution is 0.937. The number of aromatic amines is 1. The minimum absolute atomic E-state index is 0.0361. The molecule has 0 saturated heterocycles. The number of hydrogen-bond acceptors (Lipinski definition) is 4. The highest BCUT2D eigenvalue weighted by Crippen LogP contribution is 2.32. The molecule has 0 aliphatic carbocycles. The molecule has 0 radical (unpaired) electrons. The van der Waals surface area contributed by atoms with E-state index in [1.54, 1.807) is 0 Å². The van der Waals surface area contributed by atoms with Crippen molar-refractivity contribution in [3.63, 3.8) is 0 Å². The fourth-order valence-electron chi connectivity index (χ4n) is 2.10. The summed E-state index contributed by atoms with van der Waals surface area (Å²) in [6.07, 6.45) is 1.48. The molecule has 0 fully saturated rings. The van der Waals surface area contributed by atoms with E-state index in [9.17, 15) is 4.79 Å². The number of nitrogen functional groups attached to an aromatic ring is 1. The lowest BCUT2D eigenvalue weighted by Gasteiger charge is -2.09. The van der Waals surface area contributed by atoms with Crippen LogP contribution in [-0.2, 0) is 0 Å². The molecule has 0 aliphatic heterocycles. The number of nitrogens with zero attached hydrogens (tertiary/aromatic N) is 1. The summed E-state index contributed by atoms with van der Waals surface area (Å²) in [4.78, 5) is 19.1. The van der Waals surface area contributed by atoms with Crippen LogP contribution in [0.4, 0.5) is 0 Å². The summed E-state index contributed by atoms with van der Waals surface area (Å²) >= 11 is 1.37. The van der Waals surface area contributed by atoms with Crippen LogP contribution in [0.25, 0.3) is 10.8 Å². The maximum absolute atomic E-state index is 11.3. The van der Waals surface area contributed by atoms with Crippen molar-refractivity contribution >= 4 is 28.4 Å². The lowest BCUT2D eigenvalue weighted by Crippen LogP contribution is -2.11. The van der Waals surface area contributed by atoms with E-state index in [0.29, 0.717) is 10.7 Å². The summed E-state index contributed by atoms with van der Waals surface area (Å²) in [7, 11) is 0. The first-order valence-electron chi connectivity index (χ1n) is 6.24. The maximum Gasteiger partial charge on any atom is 0.251 e. The Morgan fingerprint density at radius 1 is 1.14 bits per heavy atom. The van der Waals surface area contributed by atoms with Crippen LogP contribution in [0, 0.1) is 5.41 Å². The predicted molar refractivity (Wildman–Crippen MR) is 83.9 cm³/mol. The van der Waals surface area contributed by atoms with E-state index in [1.807, 2.05) is 36.4 Å². The van der Waals surface area contributed by atoms with Crippen LogP contribution < -0.4 is 11.3 Å². The molecule has 104 valence electrons. The van der Waals surface area contributed by atoms with Gasteiger partial charge >= 0.3 is 0 Å². The molecule has 0 spiro atoms. The Balaban J connectivity index is 2.14. The van der Waals surface area contributed by atoms with Gasteiger partial charge in [0.25, 0.3) is 5.56 Å². The van der Waals surface area contributed by atoms with Crippen LogP contribution in [0.15, 0.2) is 63.5 Å². The number of fused-ring (bicyclic) bond motifs is 1. The van der Waals surface area contributed by atoms with Crippen molar-refractivity contribution in [2.75, 3.05) is 0 Å². The zero-order valence-corrected chi connectivity index (χ0v) is 11.8. The Morgan fingerprint density at radius 3 is 2.62 bits per heavy atom. The van der Waals surface area contributed by atoms with Gasteiger partial charge in [0, 0.05) is 22.7 Å². The Morgan fingerprint density at radius 2 is 1.90 bits per heavy atom. The number of nitrogens with two attached hydrogens (primary N) is 1. The van der Waals surface area contributed by atoms with Gasteiger partial charge in [0.2, 0.25) is 0 Å². The zero-order valence-electron chi connectivity index (χ0n) is 11.0. The number of amidine groups is 1. The Kier molecular flexibility index (Phi) is 3.45. The quantitative estimate of drug-likeness (QED) is 0.393. The third-order valence-corrected chi connectivity index (χ3v) is 4.01. The topological polar surface area (TPSA) is 95.6 Å². The number of hydrogen-bond donors (Lipinski definition) is 3. The number of nitrogens with one attached hydrogen (secondary N) is 2. The molecular formula is C15H12N4OS. The standard InChI is InChI=1S/C15H12N4OS/c16-14(17)11-5-6-12(10-4-2-1-3-9(10)11)21-15-18-8-7-13(20)19-15/h1-8H,(H3,16,17)(H,18,19,20). The van der Waals surface area contributed by atoms with Gasteiger partial charge in [0.1, 0.15) is 5.84 Å². The third kappa shape index (κ3) is 2.66. The molecule has 0 unspecified atom stereocenters. The molecule has 3 rings (SSSR count). The smallest absolute Gasteiger partial charge is 0.251 e. The van der Waals surface area contributed by atoms with E-state index < -0.39 is 0 Å². The number of benzene rings is 2. The monoisotopic (exact) mass is 296 g/mol. The average molecular weight is 296 g/mol. The minimum atomic E-state index is -0.183. The van der Waals surface area contributed by atoms with Gasteiger partial charge in [-0.05, 0) is 22.9 Å². The lowest BCUT2D eigenvalue weighted by atomic mass is 10.0. The van der Waals surface area contributed by atoms with Gasteiger partial charge in [0.15, 0.2) is 5.16 Å². The van der Waals surface area contributed by atoms with Crippen LogP contribution >= 0.6 is 11.8 Å². The summed E-state index contributed by atoms with van der Waals surface area (Å²) < 4.78 is 0. The normalized spacial score (nSPS) is 10.7. The van der Waals surface area contributed by atoms with Crippen molar-refractivity contribution < 1.29 is 0 Å². The summed E-state index contributed by atoms with van der Waals surface area (Å²) in [5.41, 5.74) is 6.13. The molecular weight excluding hydrogens is 284 g/mol. The van der Waals surface area contributed by atoms with Gasteiger partial charge in [-0.25, -0.2) is 4.98 Å². The largest absolute Gasteiger partial charge is 0.384 e. The number of H-pyrrole nitrogens is 1. The van der Waals surface area contributed by atoms with Crippen molar-refractivity contribution in [1.29, 1.82) is 5.41 Å². The fourth-order valence-corrected chi connectivity index (χ4v) is 3.00. The molecule has 0 amide bonds. The summed E-state index contributed by atoms with van der Waals surface area (Å²) in [6.45, 7) is 0. The molecule has 1 aromatic heterocycles. The highest BCUT2D eigenvalue weighted by molar-refractivity contribution is 7.99. The molecule has 1 heterocycles. The number of aromatic nitrogens is 2. The van der Waals surface area contributed by atoms with E-state index in [4.69, 9.17) is 11.1 Å². The first kappa shape index (κ1) is 13.4. The molecule has 0 aliphatic rings. The first-order chi connectivity index (χ1) is 10.1. The molecule has 5 nitrogen and oxygen atoms in total. The maximum atomic E-state index is 11.3. The average Bonchev–Trinajstić information content (AvgIpc) is 2.47. The van der Waals surface area contributed by atoms with Gasteiger partial charge in [0.05, 0.1) is 0 Å². The van der Waals surface area contributed by atoms with Crippen LogP contribution in [0.3, 0.4) is 0 Å². The second-order valence-electron chi connectivity index (χ2n) is 4.41. The number of rotatable bonds is 3. The van der Waals surface area contributed by atoms with Crippen molar-refractivity contribution in [1.82, 2.24) is 9.97 Å². The van der Waals surface area contributed by atoms with Crippen LogP contribution in [0.2, 0.25) is 0 Å². The molecule has 21 heavy (non-hydrogen) atoms. The summed E-state index contributed by atoms with van der Waals surface area (Å²) in [6, 6.07) is 12.8. The van der Waals surface area contributed by atoms with Crippen LogP contribution in [0.5, 0.6) is 0 Å². The highest BCUT2D eigenvalue weighted by Gasteiger charge is 2.09. The Bertz CT molecular complexity index is 888. The van der Waals surface area contributed by atoms with Crippen molar-refractivity contribution in [3.05, 3.63) is 64.6 Å². The van der Waals surface area contributed by atoms with Gasteiger partial charge in [-0.2, -0.15) is 0 Å². The van der Waals surface area contributed by atoms with Gasteiger partial charge < -0.3 is 10.7 Å². The van der Waals surface area contributed by atoms with E-state index in [-0.39, 0.29) is 11.4 Å². The summed E-state index contributed by atoms with van der Waals surface area (Å²) in [5, 5.41) is 10.1. The second-order valence-corrected chi connectivity index (χ2v) is 5.44. The van der Waals surface area contributed by atoms with Gasteiger partial charge in [-0.15, -0.1) is 0 Å². The van der Waals surface area contributed by atoms with E-state index in [1.165, 1.54) is 24.0 Å². The Labute approximate surface area is 124 Å². The minimum Gasteiger partial charge on any atom is -0.384 e. The van der Waals surface area contributed by atoms with Crippen molar-refractivity contribution in [2.45, 2.75) is 10.1 Å². The first-order valence-corrected chi connectivity index (χ1v) is 7.06. The third-order valence-electron chi connectivity index (χ3n) is 3.03. The molecule has 3 aromatic rings. The van der Waals surface area contributed by atoms with Crippen molar-refractivity contribution in [2.24, 2.45) is 5.73 Å². The zero-order chi connectivity index (χ0) is 14.8.